The zero-order valence-electron chi connectivity index (χ0n) is 13.2. The quantitative estimate of drug-likeness (QED) is 0.806. The number of hydrogen-bond donors (Lipinski definition) is 2. The van der Waals surface area contributed by atoms with Gasteiger partial charge in [-0.25, -0.2) is 0 Å². The van der Waals surface area contributed by atoms with E-state index in [0.29, 0.717) is 13.0 Å². The molecule has 5 nitrogen and oxygen atoms in total. The maximum Gasteiger partial charge on any atom is 0.249 e. The van der Waals surface area contributed by atoms with Crippen molar-refractivity contribution in [3.8, 4) is 0 Å². The summed E-state index contributed by atoms with van der Waals surface area (Å²) in [7, 11) is 0. The Bertz CT molecular complexity index is 389. The highest BCUT2D eigenvalue weighted by Gasteiger charge is 2.38. The molecule has 2 rings (SSSR count). The Kier molecular flexibility index (Phi) is 5.25. The number of nitrogens with one attached hydrogen (secondary N) is 1. The van der Waals surface area contributed by atoms with Gasteiger partial charge >= 0.3 is 0 Å². The Morgan fingerprint density at radius 3 is 2.57 bits per heavy atom. The van der Waals surface area contributed by atoms with Crippen LogP contribution in [0.5, 0.6) is 0 Å². The zero-order valence-corrected chi connectivity index (χ0v) is 13.2. The van der Waals surface area contributed by atoms with Gasteiger partial charge in [0.15, 0.2) is 0 Å². The number of likely N-dealkylation sites (tertiary alicyclic amines) is 1. The fraction of sp³-hybridized carbons (Fsp3) is 0.875. The first-order valence-electron chi connectivity index (χ1n) is 8.16. The van der Waals surface area contributed by atoms with Gasteiger partial charge in [-0.1, -0.05) is 33.1 Å². The molecule has 1 aliphatic heterocycles. The molecule has 1 saturated heterocycles. The van der Waals surface area contributed by atoms with E-state index in [-0.39, 0.29) is 17.9 Å². The normalized spacial score (nSPS) is 22.4. The number of aliphatic hydroxyl groups is 1. The highest BCUT2D eigenvalue weighted by atomic mass is 16.3. The minimum Gasteiger partial charge on any atom is -0.383 e. The van der Waals surface area contributed by atoms with Gasteiger partial charge in [-0.15, -0.1) is 0 Å². The molecule has 2 N–H and O–H groups in total. The van der Waals surface area contributed by atoms with E-state index in [1.165, 1.54) is 6.42 Å². The molecule has 1 atom stereocenters. The van der Waals surface area contributed by atoms with E-state index >= 15 is 0 Å². The van der Waals surface area contributed by atoms with Crippen LogP contribution < -0.4 is 5.32 Å². The van der Waals surface area contributed by atoms with Crippen molar-refractivity contribution in [3.63, 3.8) is 0 Å². The highest BCUT2D eigenvalue weighted by molar-refractivity contribution is 5.82. The number of carbonyl (C=O) groups excluding carboxylic acids is 2. The molecule has 0 aromatic heterocycles. The van der Waals surface area contributed by atoms with E-state index in [9.17, 15) is 14.7 Å². The first-order valence-corrected chi connectivity index (χ1v) is 8.16. The molecule has 1 saturated carbocycles. The topological polar surface area (TPSA) is 69.6 Å². The molecule has 0 spiro atoms. The van der Waals surface area contributed by atoms with Gasteiger partial charge in [-0.3, -0.25) is 9.59 Å². The summed E-state index contributed by atoms with van der Waals surface area (Å²) in [6.45, 7) is 4.87. The van der Waals surface area contributed by atoms with E-state index in [1.54, 1.807) is 4.90 Å². The number of carbonyl (C=O) groups is 2. The van der Waals surface area contributed by atoms with Crippen LogP contribution in [0, 0.1) is 5.41 Å². The zero-order chi connectivity index (χ0) is 15.5. The van der Waals surface area contributed by atoms with Gasteiger partial charge in [0.05, 0.1) is 0 Å². The summed E-state index contributed by atoms with van der Waals surface area (Å²) < 4.78 is 0. The summed E-state index contributed by atoms with van der Waals surface area (Å²) in [5.41, 5.74) is -0.626. The minimum absolute atomic E-state index is 0.128. The third-order valence-corrected chi connectivity index (χ3v) is 4.71. The highest BCUT2D eigenvalue weighted by Crippen LogP contribution is 2.26. The summed E-state index contributed by atoms with van der Waals surface area (Å²) in [5, 5.41) is 13.3. The van der Waals surface area contributed by atoms with Crippen molar-refractivity contribution in [2.24, 2.45) is 5.41 Å². The molecule has 5 heteroatoms. The molecule has 2 amide bonds. The van der Waals surface area contributed by atoms with Crippen LogP contribution in [0.1, 0.15) is 58.8 Å². The number of rotatable bonds is 5. The van der Waals surface area contributed by atoms with Crippen molar-refractivity contribution in [1.29, 1.82) is 0 Å². The van der Waals surface area contributed by atoms with Crippen LogP contribution in [0.25, 0.3) is 0 Å². The predicted octanol–water partition coefficient (Wildman–Crippen LogP) is 1.44. The van der Waals surface area contributed by atoms with E-state index in [0.717, 1.165) is 38.6 Å². The first-order chi connectivity index (χ1) is 9.90. The lowest BCUT2D eigenvalue weighted by molar-refractivity contribution is -0.140. The molecule has 0 aromatic rings. The lowest BCUT2D eigenvalue weighted by Gasteiger charge is -2.34. The van der Waals surface area contributed by atoms with Gasteiger partial charge in [-0.05, 0) is 19.3 Å². The van der Waals surface area contributed by atoms with Gasteiger partial charge in [-0.2, -0.15) is 0 Å². The van der Waals surface area contributed by atoms with Gasteiger partial charge in [0.1, 0.15) is 6.10 Å². The largest absolute Gasteiger partial charge is 0.383 e. The molecule has 120 valence electrons. The number of amides is 2. The summed E-state index contributed by atoms with van der Waals surface area (Å²) >= 11 is 0. The number of nitrogens with zero attached hydrogens (tertiary/aromatic N) is 1. The van der Waals surface area contributed by atoms with Crippen LogP contribution in [-0.2, 0) is 9.59 Å². The third-order valence-electron chi connectivity index (χ3n) is 4.71. The second-order valence-electron chi connectivity index (χ2n) is 7.15. The Morgan fingerprint density at radius 1 is 1.33 bits per heavy atom. The van der Waals surface area contributed by atoms with Crippen molar-refractivity contribution < 1.29 is 14.7 Å². The Hall–Kier alpha value is -1.10. The summed E-state index contributed by atoms with van der Waals surface area (Å²) in [5.74, 6) is -0.165. The smallest absolute Gasteiger partial charge is 0.249 e. The van der Waals surface area contributed by atoms with Crippen LogP contribution in [-0.4, -0.2) is 47.1 Å². The van der Waals surface area contributed by atoms with Crippen molar-refractivity contribution in [2.75, 3.05) is 13.1 Å². The van der Waals surface area contributed by atoms with E-state index in [1.807, 2.05) is 13.8 Å². The molecule has 2 aliphatic rings. The maximum atomic E-state index is 12.2. The summed E-state index contributed by atoms with van der Waals surface area (Å²) in [4.78, 5) is 25.7. The first kappa shape index (κ1) is 16.3. The molecule has 1 aliphatic carbocycles. The molecule has 0 radical (unpaired) electrons. The van der Waals surface area contributed by atoms with Crippen LogP contribution >= 0.6 is 0 Å². The van der Waals surface area contributed by atoms with Gasteiger partial charge < -0.3 is 15.3 Å². The Labute approximate surface area is 127 Å². The molecule has 0 bridgehead atoms. The van der Waals surface area contributed by atoms with Crippen molar-refractivity contribution in [1.82, 2.24) is 10.2 Å². The average molecular weight is 296 g/mol. The van der Waals surface area contributed by atoms with Crippen LogP contribution in [0.15, 0.2) is 0 Å². The van der Waals surface area contributed by atoms with Crippen molar-refractivity contribution in [3.05, 3.63) is 0 Å². The number of hydrogen-bond acceptors (Lipinski definition) is 3. The van der Waals surface area contributed by atoms with Crippen LogP contribution in [0.4, 0.5) is 0 Å². The lowest BCUT2D eigenvalue weighted by Crippen LogP contribution is -2.51. The van der Waals surface area contributed by atoms with Gasteiger partial charge in [0.2, 0.25) is 11.8 Å². The lowest BCUT2D eigenvalue weighted by atomic mass is 9.84. The molecular weight excluding hydrogens is 268 g/mol. The Balaban J connectivity index is 1.88. The van der Waals surface area contributed by atoms with Crippen LogP contribution in [0.3, 0.4) is 0 Å². The molecule has 0 aromatic carbocycles. The summed E-state index contributed by atoms with van der Waals surface area (Å²) in [6.07, 6.45) is 5.91. The SMILES string of the molecule is CC(C)(CN1CCCC1=O)C(O)C(=O)NC1CCCCC1. The van der Waals surface area contributed by atoms with Crippen LogP contribution in [0.2, 0.25) is 0 Å². The molecule has 1 heterocycles. The van der Waals surface area contributed by atoms with E-state index in [4.69, 9.17) is 0 Å². The monoisotopic (exact) mass is 296 g/mol. The van der Waals surface area contributed by atoms with Gasteiger partial charge in [0.25, 0.3) is 0 Å². The fourth-order valence-electron chi connectivity index (χ4n) is 3.33. The molecule has 1 unspecified atom stereocenters. The van der Waals surface area contributed by atoms with Crippen molar-refractivity contribution >= 4 is 11.8 Å². The summed E-state index contributed by atoms with van der Waals surface area (Å²) in [6, 6.07) is 0.199. The Morgan fingerprint density at radius 2 is 2.00 bits per heavy atom. The standard InChI is InChI=1S/C16H28N2O3/c1-16(2,11-18-10-6-9-13(18)19)14(20)15(21)17-12-7-4-3-5-8-12/h12,14,20H,3-11H2,1-2H3,(H,17,21). The van der Waals surface area contributed by atoms with Crippen molar-refractivity contribution in [2.45, 2.75) is 70.9 Å². The van der Waals surface area contributed by atoms with Gasteiger partial charge in [0, 0.05) is 31.0 Å². The second-order valence-corrected chi connectivity index (χ2v) is 7.15. The maximum absolute atomic E-state index is 12.2. The predicted molar refractivity (Wildman–Crippen MR) is 80.6 cm³/mol. The van der Waals surface area contributed by atoms with E-state index < -0.39 is 11.5 Å². The average Bonchev–Trinajstić information content (AvgIpc) is 2.84. The number of aliphatic hydroxyl groups excluding tert-OH is 1. The molecule has 21 heavy (non-hydrogen) atoms. The molecular formula is C16H28N2O3. The third kappa shape index (κ3) is 4.19. The van der Waals surface area contributed by atoms with E-state index in [2.05, 4.69) is 5.32 Å². The molecule has 2 fully saturated rings. The minimum atomic E-state index is -1.08. The second kappa shape index (κ2) is 6.77. The fourth-order valence-corrected chi connectivity index (χ4v) is 3.33.